The van der Waals surface area contributed by atoms with Crippen LogP contribution in [0.15, 0.2) is 66.7 Å². The lowest BCUT2D eigenvalue weighted by Crippen LogP contribution is -2.56. The van der Waals surface area contributed by atoms with E-state index in [1.54, 1.807) is 80.9 Å². The number of piperazine rings is 1. The smallest absolute Gasteiger partial charge is 0.255 e. The molecule has 33 heavy (non-hydrogen) atoms. The van der Waals surface area contributed by atoms with E-state index in [4.69, 9.17) is 25.8 Å². The van der Waals surface area contributed by atoms with Gasteiger partial charge in [0, 0.05) is 16.8 Å². The van der Waals surface area contributed by atoms with E-state index in [1.807, 2.05) is 0 Å². The number of ether oxygens (including phenoxy) is 3. The van der Waals surface area contributed by atoms with Gasteiger partial charge in [-0.2, -0.15) is 0 Å². The summed E-state index contributed by atoms with van der Waals surface area (Å²) in [4.78, 5) is 30.3. The van der Waals surface area contributed by atoms with Gasteiger partial charge in [0.05, 0.1) is 27.0 Å². The normalized spacial score (nSPS) is 16.1. The van der Waals surface area contributed by atoms with Crippen molar-refractivity contribution in [1.29, 1.82) is 0 Å². The van der Waals surface area contributed by atoms with E-state index >= 15 is 0 Å². The van der Waals surface area contributed by atoms with Gasteiger partial charge in [-0.05, 0) is 54.1 Å². The second kappa shape index (κ2) is 9.42. The number of rotatable bonds is 6. The van der Waals surface area contributed by atoms with Gasteiger partial charge < -0.3 is 14.2 Å². The maximum absolute atomic E-state index is 13.9. The number of carbonyl (C=O) groups excluding carboxylic acids is 2. The van der Waals surface area contributed by atoms with Crippen LogP contribution in [-0.4, -0.2) is 39.7 Å². The molecule has 8 heteroatoms. The molecule has 1 saturated heterocycles. The molecular formula is C25H23ClN2O5. The van der Waals surface area contributed by atoms with Crippen molar-refractivity contribution in [2.75, 3.05) is 37.7 Å². The molecule has 0 radical (unpaired) electrons. The minimum absolute atomic E-state index is 0.142. The van der Waals surface area contributed by atoms with Crippen LogP contribution in [0.25, 0.3) is 0 Å². The molecule has 0 aliphatic carbocycles. The summed E-state index contributed by atoms with van der Waals surface area (Å²) in [5.74, 6) is 1.17. The van der Waals surface area contributed by atoms with Gasteiger partial charge >= 0.3 is 0 Å². The van der Waals surface area contributed by atoms with E-state index in [-0.39, 0.29) is 18.4 Å². The standard InChI is InChI=1S/C25H23ClN2O5/c1-31-19-10-4-16(5-11-19)24-25(30)27(21-13-12-20(32-2)14-22(21)33-3)15-23(29)28(24)18-8-6-17(26)7-9-18/h4-14,24H,15H2,1-3H3. The highest BCUT2D eigenvalue weighted by molar-refractivity contribution is 6.30. The van der Waals surface area contributed by atoms with Crippen LogP contribution in [-0.2, 0) is 9.59 Å². The summed E-state index contributed by atoms with van der Waals surface area (Å²) in [6, 6.07) is 18.2. The van der Waals surface area contributed by atoms with E-state index in [2.05, 4.69) is 0 Å². The number of nitrogens with zero attached hydrogens (tertiary/aromatic N) is 2. The van der Waals surface area contributed by atoms with E-state index < -0.39 is 6.04 Å². The van der Waals surface area contributed by atoms with Gasteiger partial charge in [0.25, 0.3) is 5.91 Å². The monoisotopic (exact) mass is 466 g/mol. The Hall–Kier alpha value is -3.71. The quantitative estimate of drug-likeness (QED) is 0.535. The molecule has 1 aliphatic heterocycles. The first-order valence-corrected chi connectivity index (χ1v) is 10.6. The number of hydrogen-bond acceptors (Lipinski definition) is 5. The summed E-state index contributed by atoms with van der Waals surface area (Å²) in [5, 5.41) is 0.542. The van der Waals surface area contributed by atoms with E-state index in [9.17, 15) is 9.59 Å². The maximum atomic E-state index is 13.9. The molecule has 1 atom stereocenters. The second-order valence-corrected chi connectivity index (χ2v) is 7.81. The highest BCUT2D eigenvalue weighted by atomic mass is 35.5. The molecule has 7 nitrogen and oxygen atoms in total. The van der Waals surface area contributed by atoms with Crippen molar-refractivity contribution in [3.63, 3.8) is 0 Å². The fourth-order valence-corrected chi connectivity index (χ4v) is 4.00. The Bertz CT molecular complexity index is 1160. The van der Waals surface area contributed by atoms with Crippen molar-refractivity contribution in [3.05, 3.63) is 77.3 Å². The summed E-state index contributed by atoms with van der Waals surface area (Å²) in [6.45, 7) is -0.142. The molecule has 2 amide bonds. The van der Waals surface area contributed by atoms with Gasteiger partial charge in [-0.25, -0.2) is 0 Å². The maximum Gasteiger partial charge on any atom is 0.255 e. The van der Waals surface area contributed by atoms with Gasteiger partial charge in [-0.15, -0.1) is 0 Å². The number of carbonyl (C=O) groups is 2. The summed E-state index contributed by atoms with van der Waals surface area (Å²) in [6.07, 6.45) is 0. The minimum Gasteiger partial charge on any atom is -0.497 e. The predicted molar refractivity (Wildman–Crippen MR) is 127 cm³/mol. The summed E-state index contributed by atoms with van der Waals surface area (Å²) in [7, 11) is 4.63. The van der Waals surface area contributed by atoms with Crippen molar-refractivity contribution in [3.8, 4) is 17.2 Å². The molecule has 0 saturated carbocycles. The molecule has 0 spiro atoms. The number of benzene rings is 3. The SMILES string of the molecule is COc1ccc(C2C(=O)N(c3ccc(OC)cc3OC)CC(=O)N2c2ccc(Cl)cc2)cc1. The topological polar surface area (TPSA) is 68.3 Å². The minimum atomic E-state index is -0.884. The zero-order valence-electron chi connectivity index (χ0n) is 18.4. The Morgan fingerprint density at radius 1 is 0.818 bits per heavy atom. The van der Waals surface area contributed by atoms with Gasteiger partial charge in [0.15, 0.2) is 0 Å². The Kier molecular flexibility index (Phi) is 6.42. The Morgan fingerprint density at radius 2 is 1.45 bits per heavy atom. The van der Waals surface area contributed by atoms with Crippen LogP contribution in [0, 0.1) is 0 Å². The van der Waals surface area contributed by atoms with Crippen molar-refractivity contribution in [1.82, 2.24) is 0 Å². The Labute approximate surface area is 197 Å². The molecule has 1 heterocycles. The molecule has 3 aromatic rings. The third-order valence-corrected chi connectivity index (χ3v) is 5.79. The highest BCUT2D eigenvalue weighted by Gasteiger charge is 2.42. The fourth-order valence-electron chi connectivity index (χ4n) is 3.88. The zero-order chi connectivity index (χ0) is 23.5. The van der Waals surface area contributed by atoms with Gasteiger partial charge in [-0.1, -0.05) is 23.7 Å². The number of methoxy groups -OCH3 is 3. The molecule has 0 N–H and O–H groups in total. The summed E-state index contributed by atoms with van der Waals surface area (Å²) >= 11 is 6.05. The van der Waals surface area contributed by atoms with Gasteiger partial charge in [0.2, 0.25) is 5.91 Å². The van der Waals surface area contributed by atoms with E-state index in [0.717, 1.165) is 0 Å². The van der Waals surface area contributed by atoms with Crippen LogP contribution in [0.3, 0.4) is 0 Å². The van der Waals surface area contributed by atoms with E-state index in [1.165, 1.54) is 16.9 Å². The molecule has 0 aromatic heterocycles. The Morgan fingerprint density at radius 3 is 2.06 bits per heavy atom. The largest absolute Gasteiger partial charge is 0.497 e. The first kappa shape index (κ1) is 22.5. The van der Waals surface area contributed by atoms with Gasteiger partial charge in [0.1, 0.15) is 29.8 Å². The van der Waals surface area contributed by atoms with Crippen molar-refractivity contribution >= 4 is 34.8 Å². The lowest BCUT2D eigenvalue weighted by atomic mass is 9.99. The number of halogens is 1. The van der Waals surface area contributed by atoms with Crippen LogP contribution in [0.4, 0.5) is 11.4 Å². The van der Waals surface area contributed by atoms with Crippen molar-refractivity contribution in [2.24, 2.45) is 0 Å². The van der Waals surface area contributed by atoms with Crippen LogP contribution in [0.1, 0.15) is 11.6 Å². The number of hydrogen-bond donors (Lipinski definition) is 0. The van der Waals surface area contributed by atoms with Gasteiger partial charge in [-0.3, -0.25) is 19.4 Å². The third-order valence-electron chi connectivity index (χ3n) is 5.53. The molecule has 1 unspecified atom stereocenters. The van der Waals surface area contributed by atoms with Crippen LogP contribution in [0.5, 0.6) is 17.2 Å². The molecular weight excluding hydrogens is 444 g/mol. The van der Waals surface area contributed by atoms with Crippen LogP contribution >= 0.6 is 11.6 Å². The first-order valence-electron chi connectivity index (χ1n) is 10.2. The average Bonchev–Trinajstić information content (AvgIpc) is 2.85. The Balaban J connectivity index is 1.81. The second-order valence-electron chi connectivity index (χ2n) is 7.38. The zero-order valence-corrected chi connectivity index (χ0v) is 19.2. The van der Waals surface area contributed by atoms with Crippen molar-refractivity contribution < 1.29 is 23.8 Å². The highest BCUT2D eigenvalue weighted by Crippen LogP contribution is 2.39. The van der Waals surface area contributed by atoms with Crippen LogP contribution < -0.4 is 24.0 Å². The number of anilines is 2. The fraction of sp³-hybridized carbons (Fsp3) is 0.200. The molecule has 0 bridgehead atoms. The van der Waals surface area contributed by atoms with Crippen LogP contribution in [0.2, 0.25) is 5.02 Å². The van der Waals surface area contributed by atoms with E-state index in [0.29, 0.717) is 39.2 Å². The average molecular weight is 467 g/mol. The molecule has 4 rings (SSSR count). The molecule has 1 fully saturated rings. The predicted octanol–water partition coefficient (Wildman–Crippen LogP) is 4.49. The molecule has 1 aliphatic rings. The first-order chi connectivity index (χ1) is 16.0. The van der Waals surface area contributed by atoms with Crippen molar-refractivity contribution in [2.45, 2.75) is 6.04 Å². The summed E-state index contributed by atoms with van der Waals surface area (Å²) < 4.78 is 16.0. The lowest BCUT2D eigenvalue weighted by Gasteiger charge is -2.40. The lowest BCUT2D eigenvalue weighted by molar-refractivity contribution is -0.128. The third kappa shape index (κ3) is 4.32. The molecule has 3 aromatic carbocycles. The number of amides is 2. The summed E-state index contributed by atoms with van der Waals surface area (Å²) in [5.41, 5.74) is 1.73. The molecule has 170 valence electrons.